The molecule has 0 unspecified atom stereocenters. The number of hydrogen-bond acceptors (Lipinski definition) is 2. The van der Waals surface area contributed by atoms with Gasteiger partial charge >= 0.3 is 0 Å². The third kappa shape index (κ3) is 4.69. The Balaban J connectivity index is 2.56. The Hall–Kier alpha value is -1.03. The van der Waals surface area contributed by atoms with Gasteiger partial charge in [0.2, 0.25) is 0 Å². The van der Waals surface area contributed by atoms with Crippen molar-refractivity contribution >= 4 is 21.8 Å². The summed E-state index contributed by atoms with van der Waals surface area (Å²) in [5, 5.41) is 12.5. The number of halogens is 1. The highest BCUT2D eigenvalue weighted by Crippen LogP contribution is 2.24. The maximum absolute atomic E-state index is 11.9. The predicted molar refractivity (Wildman–Crippen MR) is 76.8 cm³/mol. The maximum Gasteiger partial charge on any atom is 0.251 e. The minimum absolute atomic E-state index is 0.0810. The quantitative estimate of drug-likeness (QED) is 0.870. The van der Waals surface area contributed by atoms with Gasteiger partial charge in [-0.05, 0) is 59.8 Å². The third-order valence-corrected chi connectivity index (χ3v) is 3.43. The first-order chi connectivity index (χ1) is 8.40. The number of aromatic hydroxyl groups is 1. The molecule has 0 aliphatic carbocycles. The van der Waals surface area contributed by atoms with Crippen LogP contribution in [-0.2, 0) is 0 Å². The van der Waals surface area contributed by atoms with Crippen LogP contribution in [0, 0.1) is 5.92 Å². The Bertz CT molecular complexity index is 418. The molecule has 3 nitrogen and oxygen atoms in total. The predicted octanol–water partition coefficient (Wildman–Crippen LogP) is 3.71. The fourth-order valence-corrected chi connectivity index (χ4v) is 1.86. The van der Waals surface area contributed by atoms with Gasteiger partial charge in [0.15, 0.2) is 0 Å². The number of amides is 1. The van der Waals surface area contributed by atoms with Crippen LogP contribution in [0.25, 0.3) is 0 Å². The number of benzene rings is 1. The monoisotopic (exact) mass is 313 g/mol. The molecule has 1 aromatic rings. The van der Waals surface area contributed by atoms with Crippen molar-refractivity contribution in [2.45, 2.75) is 39.7 Å². The summed E-state index contributed by atoms with van der Waals surface area (Å²) in [4.78, 5) is 11.9. The van der Waals surface area contributed by atoms with Gasteiger partial charge in [-0.15, -0.1) is 0 Å². The van der Waals surface area contributed by atoms with Crippen molar-refractivity contribution in [2.24, 2.45) is 5.92 Å². The van der Waals surface area contributed by atoms with E-state index in [1.807, 2.05) is 6.92 Å². The van der Waals surface area contributed by atoms with Gasteiger partial charge in [0, 0.05) is 11.6 Å². The Morgan fingerprint density at radius 3 is 2.56 bits per heavy atom. The van der Waals surface area contributed by atoms with Gasteiger partial charge in [-0.2, -0.15) is 0 Å². The van der Waals surface area contributed by atoms with Crippen LogP contribution < -0.4 is 5.32 Å². The van der Waals surface area contributed by atoms with Gasteiger partial charge < -0.3 is 10.4 Å². The number of phenols is 1. The van der Waals surface area contributed by atoms with Crippen molar-refractivity contribution in [3.63, 3.8) is 0 Å². The second-order valence-electron chi connectivity index (χ2n) is 5.01. The van der Waals surface area contributed by atoms with E-state index in [1.165, 1.54) is 6.07 Å². The number of rotatable bonds is 5. The summed E-state index contributed by atoms with van der Waals surface area (Å²) in [6.45, 7) is 6.33. The molecule has 2 N–H and O–H groups in total. The van der Waals surface area contributed by atoms with E-state index in [0.717, 1.165) is 12.8 Å². The molecule has 0 saturated carbocycles. The topological polar surface area (TPSA) is 49.3 Å². The molecular formula is C14H20BrNO2. The first kappa shape index (κ1) is 15.0. The molecule has 0 heterocycles. The SMILES string of the molecule is CC(C)CC[C@H](C)NC(=O)c1ccc(Br)c(O)c1. The van der Waals surface area contributed by atoms with Crippen LogP contribution >= 0.6 is 15.9 Å². The minimum Gasteiger partial charge on any atom is -0.507 e. The maximum atomic E-state index is 11.9. The van der Waals surface area contributed by atoms with E-state index in [4.69, 9.17) is 0 Å². The summed E-state index contributed by atoms with van der Waals surface area (Å²) < 4.78 is 0.590. The van der Waals surface area contributed by atoms with Crippen molar-refractivity contribution < 1.29 is 9.90 Å². The van der Waals surface area contributed by atoms with E-state index in [-0.39, 0.29) is 17.7 Å². The zero-order valence-corrected chi connectivity index (χ0v) is 12.6. The summed E-state index contributed by atoms with van der Waals surface area (Å²) in [5.74, 6) is 0.576. The van der Waals surface area contributed by atoms with Gasteiger partial charge in [-0.1, -0.05) is 13.8 Å². The number of carbonyl (C=O) groups excluding carboxylic acids is 1. The second kappa shape index (κ2) is 6.78. The molecule has 0 saturated heterocycles. The Kier molecular flexibility index (Phi) is 5.66. The molecule has 1 amide bonds. The average Bonchev–Trinajstić information content (AvgIpc) is 2.30. The molecule has 0 fully saturated rings. The largest absolute Gasteiger partial charge is 0.507 e. The number of hydrogen-bond donors (Lipinski definition) is 2. The van der Waals surface area contributed by atoms with Gasteiger partial charge in [0.25, 0.3) is 5.91 Å². The van der Waals surface area contributed by atoms with Crippen LogP contribution in [0.5, 0.6) is 5.75 Å². The summed E-state index contributed by atoms with van der Waals surface area (Å²) in [6, 6.07) is 4.97. The van der Waals surface area contributed by atoms with Gasteiger partial charge in [0.05, 0.1) is 4.47 Å². The smallest absolute Gasteiger partial charge is 0.251 e. The van der Waals surface area contributed by atoms with Crippen molar-refractivity contribution in [2.75, 3.05) is 0 Å². The highest BCUT2D eigenvalue weighted by molar-refractivity contribution is 9.10. The lowest BCUT2D eigenvalue weighted by atomic mass is 10.0. The van der Waals surface area contributed by atoms with Crippen LogP contribution in [0.4, 0.5) is 0 Å². The van der Waals surface area contributed by atoms with Gasteiger partial charge in [-0.3, -0.25) is 4.79 Å². The van der Waals surface area contributed by atoms with Gasteiger partial charge in [-0.25, -0.2) is 0 Å². The Morgan fingerprint density at radius 2 is 2.00 bits per heavy atom. The molecule has 18 heavy (non-hydrogen) atoms. The van der Waals surface area contributed by atoms with Crippen molar-refractivity contribution in [3.8, 4) is 5.75 Å². The number of carbonyl (C=O) groups is 1. The first-order valence-corrected chi connectivity index (χ1v) is 6.98. The van der Waals surface area contributed by atoms with E-state index in [2.05, 4.69) is 35.1 Å². The highest BCUT2D eigenvalue weighted by atomic mass is 79.9. The minimum atomic E-state index is -0.144. The summed E-state index contributed by atoms with van der Waals surface area (Å²) in [5.41, 5.74) is 0.479. The summed E-state index contributed by atoms with van der Waals surface area (Å²) in [7, 11) is 0. The Labute approximate surface area is 117 Å². The standard InChI is InChI=1S/C14H20BrNO2/c1-9(2)4-5-10(3)16-14(18)11-6-7-12(15)13(17)8-11/h6-10,17H,4-5H2,1-3H3,(H,16,18)/t10-/m0/s1. The van der Waals surface area contributed by atoms with E-state index < -0.39 is 0 Å². The average molecular weight is 314 g/mol. The second-order valence-corrected chi connectivity index (χ2v) is 5.87. The normalized spacial score (nSPS) is 12.5. The molecule has 0 aromatic heterocycles. The lowest BCUT2D eigenvalue weighted by Crippen LogP contribution is -2.32. The zero-order chi connectivity index (χ0) is 13.7. The fourth-order valence-electron chi connectivity index (χ4n) is 1.62. The summed E-state index contributed by atoms with van der Waals surface area (Å²) >= 11 is 3.19. The third-order valence-electron chi connectivity index (χ3n) is 2.76. The van der Waals surface area contributed by atoms with Crippen molar-refractivity contribution in [1.29, 1.82) is 0 Å². The molecule has 1 rings (SSSR count). The number of nitrogens with one attached hydrogen (secondary N) is 1. The van der Waals surface area contributed by atoms with Crippen LogP contribution in [0.1, 0.15) is 44.0 Å². The van der Waals surface area contributed by atoms with E-state index in [9.17, 15) is 9.90 Å². The molecule has 0 radical (unpaired) electrons. The molecule has 0 bridgehead atoms. The van der Waals surface area contributed by atoms with Crippen LogP contribution in [-0.4, -0.2) is 17.1 Å². The highest BCUT2D eigenvalue weighted by Gasteiger charge is 2.11. The Morgan fingerprint density at radius 1 is 1.33 bits per heavy atom. The van der Waals surface area contributed by atoms with E-state index >= 15 is 0 Å². The van der Waals surface area contributed by atoms with Gasteiger partial charge in [0.1, 0.15) is 5.75 Å². The first-order valence-electron chi connectivity index (χ1n) is 6.19. The lowest BCUT2D eigenvalue weighted by molar-refractivity contribution is 0.0937. The zero-order valence-electron chi connectivity index (χ0n) is 11.0. The molecule has 4 heteroatoms. The summed E-state index contributed by atoms with van der Waals surface area (Å²) in [6.07, 6.45) is 2.05. The molecule has 100 valence electrons. The van der Waals surface area contributed by atoms with E-state index in [1.54, 1.807) is 12.1 Å². The van der Waals surface area contributed by atoms with Crippen molar-refractivity contribution in [1.82, 2.24) is 5.32 Å². The fraction of sp³-hybridized carbons (Fsp3) is 0.500. The van der Waals surface area contributed by atoms with Crippen LogP contribution in [0.15, 0.2) is 22.7 Å². The van der Waals surface area contributed by atoms with Crippen LogP contribution in [0.2, 0.25) is 0 Å². The van der Waals surface area contributed by atoms with Crippen molar-refractivity contribution in [3.05, 3.63) is 28.2 Å². The van der Waals surface area contributed by atoms with Crippen LogP contribution in [0.3, 0.4) is 0 Å². The molecule has 0 aliphatic rings. The molecule has 0 aliphatic heterocycles. The molecule has 0 spiro atoms. The number of phenolic OH excluding ortho intramolecular Hbond substituents is 1. The lowest BCUT2D eigenvalue weighted by Gasteiger charge is -2.15. The molecular weight excluding hydrogens is 294 g/mol. The molecule has 1 atom stereocenters. The molecule has 1 aromatic carbocycles. The van der Waals surface area contributed by atoms with E-state index in [0.29, 0.717) is 16.0 Å².